The van der Waals surface area contributed by atoms with Gasteiger partial charge in [0.05, 0.1) is 6.26 Å². The van der Waals surface area contributed by atoms with Crippen LogP contribution in [0.1, 0.15) is 5.69 Å². The second kappa shape index (κ2) is 4.03. The van der Waals surface area contributed by atoms with Gasteiger partial charge in [0.15, 0.2) is 21.3 Å². The van der Waals surface area contributed by atoms with Gasteiger partial charge >= 0.3 is 0 Å². The lowest BCUT2D eigenvalue weighted by Gasteiger charge is -2.02. The first-order valence-corrected chi connectivity index (χ1v) is 6.56. The van der Waals surface area contributed by atoms with Crippen LogP contribution in [0.15, 0.2) is 39.8 Å². The molecule has 0 saturated heterocycles. The first-order chi connectivity index (χ1) is 8.02. The summed E-state index contributed by atoms with van der Waals surface area (Å²) in [7, 11) is -3.45. The molecule has 2 rings (SSSR count). The maximum Gasteiger partial charge on any atom is 0.178 e. The summed E-state index contributed by atoms with van der Waals surface area (Å²) in [4.78, 5) is 3.89. The summed E-state index contributed by atoms with van der Waals surface area (Å²) in [5, 5.41) is 8.90. The highest BCUT2D eigenvalue weighted by Gasteiger charge is 2.16. The number of nitriles is 1. The van der Waals surface area contributed by atoms with Crippen molar-refractivity contribution in [2.45, 2.75) is 4.90 Å². The Kier molecular flexibility index (Phi) is 2.69. The first kappa shape index (κ1) is 11.4. The smallest absolute Gasteiger partial charge is 0.178 e. The van der Waals surface area contributed by atoms with Gasteiger partial charge in [-0.1, -0.05) is 0 Å². The average Bonchev–Trinajstić information content (AvgIpc) is 2.80. The summed E-state index contributed by atoms with van der Waals surface area (Å²) in [5.41, 5.74) is 0.306. The fraction of sp³-hybridized carbons (Fsp3) is 0.0909. The van der Waals surface area contributed by atoms with E-state index in [-0.39, 0.29) is 10.6 Å². The zero-order valence-corrected chi connectivity index (χ0v) is 9.73. The molecule has 0 radical (unpaired) electrons. The lowest BCUT2D eigenvalue weighted by molar-refractivity contribution is 0.579. The zero-order valence-electron chi connectivity index (χ0n) is 8.91. The van der Waals surface area contributed by atoms with Crippen molar-refractivity contribution >= 4 is 9.84 Å². The Morgan fingerprint density at radius 2 is 2.12 bits per heavy atom. The van der Waals surface area contributed by atoms with Crippen LogP contribution in [0.25, 0.3) is 11.5 Å². The lowest BCUT2D eigenvalue weighted by atomic mass is 10.2. The van der Waals surface area contributed by atoms with Crippen molar-refractivity contribution in [1.82, 2.24) is 4.98 Å². The third-order valence-corrected chi connectivity index (χ3v) is 3.27. The highest BCUT2D eigenvalue weighted by atomic mass is 32.2. The molecule has 0 amide bonds. The predicted molar refractivity (Wildman–Crippen MR) is 59.8 cm³/mol. The van der Waals surface area contributed by atoms with Gasteiger partial charge in [-0.15, -0.1) is 0 Å². The molecule has 6 heteroatoms. The van der Waals surface area contributed by atoms with Crippen molar-refractivity contribution < 1.29 is 12.8 Å². The Balaban J connectivity index is 2.62. The molecule has 0 aliphatic carbocycles. The summed E-state index contributed by atoms with van der Waals surface area (Å²) in [5.74, 6) is 0.488. The number of nitrogens with zero attached hydrogens (tertiary/aromatic N) is 2. The van der Waals surface area contributed by atoms with Crippen molar-refractivity contribution in [3.8, 4) is 17.5 Å². The van der Waals surface area contributed by atoms with E-state index in [0.717, 1.165) is 6.26 Å². The maximum absolute atomic E-state index is 11.4. The Hall–Kier alpha value is -2.13. The van der Waals surface area contributed by atoms with Gasteiger partial charge in [0.1, 0.15) is 16.7 Å². The molecule has 0 aliphatic heterocycles. The number of hydrogen-bond donors (Lipinski definition) is 0. The molecule has 0 aliphatic rings. The molecular formula is C11H8N2O3S. The first-order valence-electron chi connectivity index (χ1n) is 4.67. The topological polar surface area (TPSA) is 84.0 Å². The number of hydrogen-bond acceptors (Lipinski definition) is 5. The van der Waals surface area contributed by atoms with E-state index < -0.39 is 9.84 Å². The van der Waals surface area contributed by atoms with Gasteiger partial charge in [-0.25, -0.2) is 13.4 Å². The van der Waals surface area contributed by atoms with Gasteiger partial charge in [-0.3, -0.25) is 0 Å². The zero-order chi connectivity index (χ0) is 12.5. The standard InChI is InChI=1S/C11H8N2O3S/c1-17(14,15)11-5-4-8(13-9(11)7-12)10-3-2-6-16-10/h2-6H,1H3. The molecule has 2 aromatic rings. The van der Waals surface area contributed by atoms with Crippen molar-refractivity contribution in [3.63, 3.8) is 0 Å². The number of pyridine rings is 1. The molecule has 0 aromatic carbocycles. The summed E-state index contributed by atoms with van der Waals surface area (Å²) in [6, 6.07) is 8.01. The van der Waals surface area contributed by atoms with Crippen LogP contribution in [-0.4, -0.2) is 19.7 Å². The fourth-order valence-electron chi connectivity index (χ4n) is 1.39. The maximum atomic E-state index is 11.4. The van der Waals surface area contributed by atoms with Gasteiger partial charge in [0, 0.05) is 6.26 Å². The monoisotopic (exact) mass is 248 g/mol. The van der Waals surface area contributed by atoms with Crippen LogP contribution >= 0.6 is 0 Å². The third-order valence-electron chi connectivity index (χ3n) is 2.14. The van der Waals surface area contributed by atoms with Gasteiger partial charge in [0.2, 0.25) is 0 Å². The Bertz CT molecular complexity index is 682. The van der Waals surface area contributed by atoms with Gasteiger partial charge in [-0.2, -0.15) is 5.26 Å². The molecular weight excluding hydrogens is 240 g/mol. The molecule has 0 saturated carbocycles. The molecule has 0 spiro atoms. The largest absolute Gasteiger partial charge is 0.463 e. The summed E-state index contributed by atoms with van der Waals surface area (Å²) in [6.45, 7) is 0. The normalized spacial score (nSPS) is 11.1. The van der Waals surface area contributed by atoms with Crippen molar-refractivity contribution in [2.75, 3.05) is 6.26 Å². The third kappa shape index (κ3) is 2.19. The summed E-state index contributed by atoms with van der Waals surface area (Å²) < 4.78 is 27.9. The Morgan fingerprint density at radius 3 is 2.65 bits per heavy atom. The minimum Gasteiger partial charge on any atom is -0.463 e. The molecule has 0 bridgehead atoms. The van der Waals surface area contributed by atoms with Gasteiger partial charge in [0.25, 0.3) is 0 Å². The SMILES string of the molecule is CS(=O)(=O)c1ccc(-c2ccco2)nc1C#N. The number of furan rings is 1. The number of aromatic nitrogens is 1. The molecule has 5 nitrogen and oxygen atoms in total. The van der Waals surface area contributed by atoms with E-state index in [1.54, 1.807) is 18.2 Å². The van der Waals surface area contributed by atoms with Gasteiger partial charge < -0.3 is 4.42 Å². The molecule has 2 aromatic heterocycles. The highest BCUT2D eigenvalue weighted by Crippen LogP contribution is 2.21. The number of rotatable bonds is 2. The van der Waals surface area contributed by atoms with E-state index in [0.29, 0.717) is 11.5 Å². The van der Waals surface area contributed by atoms with Crippen molar-refractivity contribution in [1.29, 1.82) is 5.26 Å². The van der Waals surface area contributed by atoms with Crippen LogP contribution in [-0.2, 0) is 9.84 Å². The van der Waals surface area contributed by atoms with Crippen LogP contribution in [0, 0.1) is 11.3 Å². The molecule has 0 unspecified atom stereocenters. The van der Waals surface area contributed by atoms with Crippen molar-refractivity contribution in [2.24, 2.45) is 0 Å². The second-order valence-corrected chi connectivity index (χ2v) is 5.39. The highest BCUT2D eigenvalue weighted by molar-refractivity contribution is 7.90. The van der Waals surface area contributed by atoms with Crippen LogP contribution in [0.2, 0.25) is 0 Å². The number of sulfone groups is 1. The van der Waals surface area contributed by atoms with E-state index in [2.05, 4.69) is 4.98 Å². The van der Waals surface area contributed by atoms with Crippen LogP contribution < -0.4 is 0 Å². The van der Waals surface area contributed by atoms with E-state index in [1.165, 1.54) is 18.4 Å². The van der Waals surface area contributed by atoms with Crippen LogP contribution in [0.3, 0.4) is 0 Å². The van der Waals surface area contributed by atoms with Gasteiger partial charge in [-0.05, 0) is 24.3 Å². The fourth-order valence-corrected chi connectivity index (χ4v) is 2.14. The predicted octanol–water partition coefficient (Wildman–Crippen LogP) is 1.62. The van der Waals surface area contributed by atoms with E-state index in [1.807, 2.05) is 0 Å². The molecule has 0 fully saturated rings. The second-order valence-electron chi connectivity index (χ2n) is 3.40. The summed E-state index contributed by atoms with van der Waals surface area (Å²) in [6.07, 6.45) is 2.52. The lowest BCUT2D eigenvalue weighted by Crippen LogP contribution is -2.02. The average molecular weight is 248 g/mol. The van der Waals surface area contributed by atoms with E-state index in [9.17, 15) is 8.42 Å². The molecule has 17 heavy (non-hydrogen) atoms. The molecule has 2 heterocycles. The minimum absolute atomic E-state index is 0.0738. The van der Waals surface area contributed by atoms with E-state index in [4.69, 9.17) is 9.68 Å². The molecule has 0 N–H and O–H groups in total. The van der Waals surface area contributed by atoms with Crippen LogP contribution in [0.5, 0.6) is 0 Å². The quantitative estimate of drug-likeness (QED) is 0.806. The van der Waals surface area contributed by atoms with Crippen LogP contribution in [0.4, 0.5) is 0 Å². The summed E-state index contributed by atoms with van der Waals surface area (Å²) >= 11 is 0. The Labute approximate surface area is 98.3 Å². The molecule has 86 valence electrons. The Morgan fingerprint density at radius 1 is 1.35 bits per heavy atom. The van der Waals surface area contributed by atoms with Crippen molar-refractivity contribution in [3.05, 3.63) is 36.2 Å². The van der Waals surface area contributed by atoms with E-state index >= 15 is 0 Å². The minimum atomic E-state index is -3.45. The molecule has 0 atom stereocenters.